The van der Waals surface area contributed by atoms with Gasteiger partial charge in [-0.15, -0.1) is 0 Å². The molecule has 0 aliphatic carbocycles. The highest BCUT2D eigenvalue weighted by Gasteiger charge is 2.55. The van der Waals surface area contributed by atoms with E-state index in [-0.39, 0.29) is 18.8 Å². The predicted octanol–water partition coefficient (Wildman–Crippen LogP) is 0.423. The van der Waals surface area contributed by atoms with E-state index >= 15 is 0 Å². The highest BCUT2D eigenvalue weighted by Crippen LogP contribution is 2.43. The van der Waals surface area contributed by atoms with Crippen LogP contribution in [-0.2, 0) is 14.2 Å². The van der Waals surface area contributed by atoms with Crippen molar-refractivity contribution in [3.63, 3.8) is 0 Å². The average molecular weight is 433 g/mol. The zero-order valence-electron chi connectivity index (χ0n) is 12.5. The molecule has 10 heteroatoms. The van der Waals surface area contributed by atoms with Gasteiger partial charge in [0.25, 0.3) is 0 Å². The number of rotatable bonds is 2. The molecule has 0 bridgehead atoms. The number of aliphatic hydroxyl groups excluding tert-OH is 1. The lowest BCUT2D eigenvalue weighted by molar-refractivity contribution is -0.199. The monoisotopic (exact) mass is 433 g/mol. The van der Waals surface area contributed by atoms with Gasteiger partial charge < -0.3 is 25.1 Å². The van der Waals surface area contributed by atoms with Crippen molar-refractivity contribution in [2.45, 2.75) is 44.2 Å². The largest absolute Gasteiger partial charge is 0.394 e. The van der Waals surface area contributed by atoms with Crippen LogP contribution in [0.25, 0.3) is 11.2 Å². The zero-order chi connectivity index (χ0) is 16.4. The lowest BCUT2D eigenvalue weighted by atomic mass is 10.1. The molecule has 0 aromatic carbocycles. The van der Waals surface area contributed by atoms with Crippen LogP contribution >= 0.6 is 22.6 Å². The first kappa shape index (κ1) is 15.4. The summed E-state index contributed by atoms with van der Waals surface area (Å²) >= 11 is 2.00. The molecule has 0 saturated carbocycles. The van der Waals surface area contributed by atoms with E-state index in [9.17, 15) is 5.11 Å². The lowest BCUT2D eigenvalue weighted by Crippen LogP contribution is -2.31. The van der Waals surface area contributed by atoms with Crippen molar-refractivity contribution < 1.29 is 19.3 Å². The SMILES string of the molecule is CC1(C)OC2[C@H](O1)[C@H](CO)O[C@@H]2n1cnc2c(N)nc(I)nc21. The van der Waals surface area contributed by atoms with Crippen molar-refractivity contribution in [1.29, 1.82) is 0 Å². The Balaban J connectivity index is 1.79. The maximum atomic E-state index is 9.57. The van der Waals surface area contributed by atoms with Crippen molar-refractivity contribution in [3.8, 4) is 0 Å². The van der Waals surface area contributed by atoms with Gasteiger partial charge in [0.15, 0.2) is 27.3 Å². The van der Waals surface area contributed by atoms with Crippen molar-refractivity contribution >= 4 is 39.6 Å². The molecule has 4 heterocycles. The quantitative estimate of drug-likeness (QED) is 0.517. The number of nitrogens with zero attached hydrogens (tertiary/aromatic N) is 4. The number of halogens is 1. The second kappa shape index (κ2) is 5.21. The van der Waals surface area contributed by atoms with Crippen molar-refractivity contribution in [2.75, 3.05) is 12.3 Å². The third-order valence-corrected chi connectivity index (χ3v) is 4.48. The van der Waals surface area contributed by atoms with Gasteiger partial charge in [0, 0.05) is 22.6 Å². The standard InChI is InChI=1S/C13H16IN5O4/c1-13(2)22-7-5(3-20)21-11(8(7)23-13)19-4-16-6-9(15)17-12(14)18-10(6)19/h4-5,7-8,11,20H,3H2,1-2H3,(H2,15,17,18)/t5-,7+,8?,11-/m0/s1. The Morgan fingerprint density at radius 2 is 2.09 bits per heavy atom. The van der Waals surface area contributed by atoms with E-state index in [1.54, 1.807) is 10.9 Å². The van der Waals surface area contributed by atoms with Gasteiger partial charge in [0.05, 0.1) is 12.9 Å². The van der Waals surface area contributed by atoms with Gasteiger partial charge in [0.1, 0.15) is 23.8 Å². The minimum absolute atomic E-state index is 0.154. The summed E-state index contributed by atoms with van der Waals surface area (Å²) in [4.78, 5) is 12.8. The van der Waals surface area contributed by atoms with Crippen molar-refractivity contribution in [3.05, 3.63) is 10.2 Å². The molecular formula is C13H16IN5O4. The number of nitrogens with two attached hydrogens (primary N) is 1. The minimum atomic E-state index is -0.733. The van der Waals surface area contributed by atoms with Crippen LogP contribution in [-0.4, -0.2) is 55.3 Å². The molecule has 2 aliphatic heterocycles. The molecule has 3 N–H and O–H groups in total. The molecule has 23 heavy (non-hydrogen) atoms. The van der Waals surface area contributed by atoms with Crippen molar-refractivity contribution in [2.24, 2.45) is 0 Å². The topological polar surface area (TPSA) is 118 Å². The van der Waals surface area contributed by atoms with E-state index in [0.29, 0.717) is 20.8 Å². The Kier molecular flexibility index (Phi) is 3.50. The zero-order valence-corrected chi connectivity index (χ0v) is 14.7. The number of nitrogen functional groups attached to an aromatic ring is 1. The highest BCUT2D eigenvalue weighted by atomic mass is 127. The molecule has 2 aromatic heterocycles. The number of hydrogen-bond acceptors (Lipinski definition) is 8. The molecule has 2 aromatic rings. The Labute approximate surface area is 145 Å². The van der Waals surface area contributed by atoms with Crippen LogP contribution in [0, 0.1) is 3.83 Å². The van der Waals surface area contributed by atoms with Gasteiger partial charge in [-0.25, -0.2) is 15.0 Å². The van der Waals surface area contributed by atoms with Gasteiger partial charge >= 0.3 is 0 Å². The van der Waals surface area contributed by atoms with Gasteiger partial charge in [-0.2, -0.15) is 0 Å². The summed E-state index contributed by atoms with van der Waals surface area (Å²) in [5.74, 6) is -0.417. The normalized spacial score (nSPS) is 32.5. The third kappa shape index (κ3) is 2.39. The molecule has 9 nitrogen and oxygen atoms in total. The molecule has 2 fully saturated rings. The molecular weight excluding hydrogens is 417 g/mol. The first-order valence-corrected chi connectivity index (χ1v) is 8.25. The Hall–Kier alpha value is -1.08. The van der Waals surface area contributed by atoms with E-state index in [1.807, 2.05) is 36.4 Å². The molecule has 2 saturated heterocycles. The second-order valence-electron chi connectivity index (χ2n) is 6.01. The Bertz CT molecular complexity index is 766. The Morgan fingerprint density at radius 3 is 2.83 bits per heavy atom. The number of hydrogen-bond donors (Lipinski definition) is 2. The van der Waals surface area contributed by atoms with Gasteiger partial charge in [-0.3, -0.25) is 4.57 Å². The Morgan fingerprint density at radius 1 is 1.35 bits per heavy atom. The van der Waals surface area contributed by atoms with E-state index < -0.39 is 18.1 Å². The third-order valence-electron chi connectivity index (χ3n) is 4.00. The molecule has 0 amide bonds. The van der Waals surface area contributed by atoms with Gasteiger partial charge in [-0.1, -0.05) is 0 Å². The molecule has 0 spiro atoms. The van der Waals surface area contributed by atoms with E-state index in [4.69, 9.17) is 19.9 Å². The first-order chi connectivity index (χ1) is 10.9. The van der Waals surface area contributed by atoms with Gasteiger partial charge in [-0.05, 0) is 13.8 Å². The molecule has 0 radical (unpaired) electrons. The number of fused-ring (bicyclic) bond motifs is 2. The van der Waals surface area contributed by atoms with Crippen LogP contribution in [0.4, 0.5) is 5.82 Å². The molecule has 124 valence electrons. The molecule has 2 aliphatic rings. The van der Waals surface area contributed by atoms with Crippen LogP contribution in [0.15, 0.2) is 6.33 Å². The molecule has 4 atom stereocenters. The van der Waals surface area contributed by atoms with Crippen molar-refractivity contribution in [1.82, 2.24) is 19.5 Å². The summed E-state index contributed by atoms with van der Waals surface area (Å²) in [5.41, 5.74) is 6.98. The smallest absolute Gasteiger partial charge is 0.194 e. The predicted molar refractivity (Wildman–Crippen MR) is 87.3 cm³/mol. The van der Waals surface area contributed by atoms with E-state index in [0.717, 1.165) is 0 Å². The first-order valence-electron chi connectivity index (χ1n) is 7.17. The fraction of sp³-hybridized carbons (Fsp3) is 0.615. The lowest BCUT2D eigenvalue weighted by Gasteiger charge is -2.24. The number of anilines is 1. The van der Waals surface area contributed by atoms with E-state index in [2.05, 4.69) is 15.0 Å². The maximum Gasteiger partial charge on any atom is 0.194 e. The summed E-state index contributed by atoms with van der Waals surface area (Å²) in [5, 5.41) is 9.57. The van der Waals surface area contributed by atoms with Gasteiger partial charge in [0.2, 0.25) is 0 Å². The minimum Gasteiger partial charge on any atom is -0.394 e. The second-order valence-corrected chi connectivity index (χ2v) is 6.98. The molecule has 1 unspecified atom stereocenters. The van der Waals surface area contributed by atoms with Crippen LogP contribution in [0.3, 0.4) is 0 Å². The summed E-state index contributed by atoms with van der Waals surface area (Å²) in [6.45, 7) is 3.52. The number of ether oxygens (including phenoxy) is 3. The fourth-order valence-corrected chi connectivity index (χ4v) is 3.62. The number of imidazole rings is 1. The van der Waals surface area contributed by atoms with Crippen LogP contribution in [0.1, 0.15) is 20.1 Å². The average Bonchev–Trinajstić information content (AvgIpc) is 3.09. The molecule has 4 rings (SSSR count). The van der Waals surface area contributed by atoms with Crippen LogP contribution in [0.2, 0.25) is 0 Å². The number of aromatic nitrogens is 4. The van der Waals surface area contributed by atoms with Crippen LogP contribution in [0.5, 0.6) is 0 Å². The number of aliphatic hydroxyl groups is 1. The highest BCUT2D eigenvalue weighted by molar-refractivity contribution is 14.1. The summed E-state index contributed by atoms with van der Waals surface area (Å²) in [6, 6.07) is 0. The summed E-state index contributed by atoms with van der Waals surface area (Å²) in [7, 11) is 0. The summed E-state index contributed by atoms with van der Waals surface area (Å²) in [6.07, 6.45) is -0.0947. The van der Waals surface area contributed by atoms with Crippen LogP contribution < -0.4 is 5.73 Å². The maximum absolute atomic E-state index is 9.57. The fourth-order valence-electron chi connectivity index (χ4n) is 3.13. The van der Waals surface area contributed by atoms with E-state index in [1.165, 1.54) is 0 Å². The summed E-state index contributed by atoms with van der Waals surface area (Å²) < 4.78 is 20.0.